The summed E-state index contributed by atoms with van der Waals surface area (Å²) in [5.74, 6) is -0.670. The molecule has 0 saturated heterocycles. The minimum Gasteiger partial charge on any atom is -0.481 e. The number of carboxylic acid groups (broad SMARTS) is 1. The third-order valence-corrected chi connectivity index (χ3v) is 1.49. The van der Waals surface area contributed by atoms with Crippen LogP contribution in [0.25, 0.3) is 0 Å². The van der Waals surface area contributed by atoms with E-state index < -0.39 is 5.97 Å². The van der Waals surface area contributed by atoms with Gasteiger partial charge >= 0.3 is 5.97 Å². The number of unbranched alkanes of at least 4 members (excludes halogenated alkanes) is 4. The van der Waals surface area contributed by atoms with E-state index in [1.54, 1.807) is 6.08 Å². The fourth-order valence-electron chi connectivity index (χ4n) is 0.880. The molecule has 0 aromatic carbocycles. The average Bonchev–Trinajstić information content (AvgIpc) is 2.05. The van der Waals surface area contributed by atoms with Gasteiger partial charge in [-0.05, 0) is 13.3 Å². The van der Waals surface area contributed by atoms with E-state index in [1.165, 1.54) is 19.3 Å². The van der Waals surface area contributed by atoms with Gasteiger partial charge in [0.15, 0.2) is 0 Å². The topological polar surface area (TPSA) is 37.3 Å². The maximum Gasteiger partial charge on any atom is 0.303 e. The quantitative estimate of drug-likeness (QED) is 0.508. The van der Waals surface area contributed by atoms with Gasteiger partial charge in [-0.1, -0.05) is 38.7 Å². The summed E-state index contributed by atoms with van der Waals surface area (Å²) in [5.41, 5.74) is 0. The molecule has 13 heavy (non-hydrogen) atoms. The Kier molecular flexibility index (Phi) is 15.6. The van der Waals surface area contributed by atoms with E-state index in [9.17, 15) is 4.79 Å². The molecule has 0 bridgehead atoms. The molecule has 0 saturated carbocycles. The second-order valence-electron chi connectivity index (χ2n) is 2.97. The second kappa shape index (κ2) is 13.8. The van der Waals surface area contributed by atoms with Gasteiger partial charge in [0, 0.05) is 6.42 Å². The predicted molar refractivity (Wildman–Crippen MR) is 56.9 cm³/mol. The number of hydrogen-bond donors (Lipinski definition) is 1. The van der Waals surface area contributed by atoms with Crippen LogP contribution in [-0.2, 0) is 4.79 Å². The number of allylic oxidation sites excluding steroid dienone is 1. The highest BCUT2D eigenvalue weighted by Crippen LogP contribution is 2.04. The molecule has 0 radical (unpaired) electrons. The molecule has 0 heterocycles. The Hall–Kier alpha value is -0.790. The highest BCUT2D eigenvalue weighted by atomic mass is 16.4. The SMILES string of the molecule is C=CC.CCCCCCCC(=O)O. The van der Waals surface area contributed by atoms with Crippen LogP contribution in [0.4, 0.5) is 0 Å². The number of carbonyl (C=O) groups is 1. The molecule has 2 heteroatoms. The summed E-state index contributed by atoms with van der Waals surface area (Å²) in [4.78, 5) is 10.0. The molecule has 0 unspecified atom stereocenters. The van der Waals surface area contributed by atoms with Crippen molar-refractivity contribution < 1.29 is 9.90 Å². The number of aliphatic carboxylic acids is 1. The Labute approximate surface area is 81.7 Å². The zero-order valence-electron chi connectivity index (χ0n) is 8.88. The van der Waals surface area contributed by atoms with Crippen molar-refractivity contribution in [1.82, 2.24) is 0 Å². The van der Waals surface area contributed by atoms with Gasteiger partial charge in [0.05, 0.1) is 0 Å². The molecule has 0 amide bonds. The van der Waals surface area contributed by atoms with Gasteiger partial charge < -0.3 is 5.11 Å². The van der Waals surface area contributed by atoms with Crippen LogP contribution >= 0.6 is 0 Å². The Morgan fingerprint density at radius 1 is 1.31 bits per heavy atom. The van der Waals surface area contributed by atoms with E-state index in [0.29, 0.717) is 6.42 Å². The molecule has 78 valence electrons. The molecule has 0 fully saturated rings. The zero-order chi connectivity index (χ0) is 10.5. The molecule has 0 aromatic rings. The van der Waals surface area contributed by atoms with Gasteiger partial charge in [-0.2, -0.15) is 0 Å². The van der Waals surface area contributed by atoms with Gasteiger partial charge in [-0.15, -0.1) is 6.58 Å². The molecule has 2 nitrogen and oxygen atoms in total. The van der Waals surface area contributed by atoms with Crippen LogP contribution in [0.1, 0.15) is 52.4 Å². The van der Waals surface area contributed by atoms with E-state index in [-0.39, 0.29) is 0 Å². The molecule has 0 rings (SSSR count). The van der Waals surface area contributed by atoms with E-state index in [4.69, 9.17) is 5.11 Å². The lowest BCUT2D eigenvalue weighted by Gasteiger charge is -1.95. The molecule has 0 aliphatic carbocycles. The first-order valence-corrected chi connectivity index (χ1v) is 4.97. The molecule has 0 spiro atoms. The van der Waals surface area contributed by atoms with Gasteiger partial charge in [0.2, 0.25) is 0 Å². The van der Waals surface area contributed by atoms with Crippen LogP contribution < -0.4 is 0 Å². The lowest BCUT2D eigenvalue weighted by Crippen LogP contribution is -1.93. The van der Waals surface area contributed by atoms with Crippen molar-refractivity contribution >= 4 is 5.97 Å². The largest absolute Gasteiger partial charge is 0.481 e. The maximum atomic E-state index is 10.0. The molecule has 0 aromatic heterocycles. The van der Waals surface area contributed by atoms with E-state index in [2.05, 4.69) is 13.5 Å². The maximum absolute atomic E-state index is 10.0. The summed E-state index contributed by atoms with van der Waals surface area (Å²) in [5, 5.41) is 8.27. The first-order valence-electron chi connectivity index (χ1n) is 4.97. The van der Waals surface area contributed by atoms with Crippen molar-refractivity contribution in [1.29, 1.82) is 0 Å². The van der Waals surface area contributed by atoms with Crippen LogP contribution in [0.15, 0.2) is 12.7 Å². The van der Waals surface area contributed by atoms with Crippen molar-refractivity contribution in [3.63, 3.8) is 0 Å². The Bertz CT molecular complexity index is 119. The standard InChI is InChI=1S/C8H16O2.C3H6/c1-2-3-4-5-6-7-8(9)10;1-3-2/h2-7H2,1H3,(H,9,10);3H,1H2,2H3. The number of rotatable bonds is 6. The summed E-state index contributed by atoms with van der Waals surface area (Å²) in [7, 11) is 0. The fraction of sp³-hybridized carbons (Fsp3) is 0.727. The molecule has 0 aliphatic heterocycles. The van der Waals surface area contributed by atoms with E-state index in [1.807, 2.05) is 6.92 Å². The second-order valence-corrected chi connectivity index (χ2v) is 2.97. The van der Waals surface area contributed by atoms with Gasteiger partial charge in [-0.25, -0.2) is 0 Å². The van der Waals surface area contributed by atoms with Crippen LogP contribution in [0.3, 0.4) is 0 Å². The van der Waals surface area contributed by atoms with Crippen molar-refractivity contribution in [2.24, 2.45) is 0 Å². The summed E-state index contributed by atoms with van der Waals surface area (Å²) in [6, 6.07) is 0. The monoisotopic (exact) mass is 186 g/mol. The Morgan fingerprint density at radius 3 is 2.15 bits per heavy atom. The lowest BCUT2D eigenvalue weighted by atomic mass is 10.1. The van der Waals surface area contributed by atoms with Crippen LogP contribution in [0.2, 0.25) is 0 Å². The number of hydrogen-bond acceptors (Lipinski definition) is 1. The first-order chi connectivity index (χ1) is 6.18. The molecular formula is C11H22O2. The molecular weight excluding hydrogens is 164 g/mol. The number of carboxylic acids is 1. The Balaban J connectivity index is 0. The molecule has 1 N–H and O–H groups in total. The smallest absolute Gasteiger partial charge is 0.303 e. The highest BCUT2D eigenvalue weighted by Gasteiger charge is 1.94. The van der Waals surface area contributed by atoms with Crippen molar-refractivity contribution in [2.75, 3.05) is 0 Å². The van der Waals surface area contributed by atoms with E-state index >= 15 is 0 Å². The van der Waals surface area contributed by atoms with Crippen LogP contribution in [0, 0.1) is 0 Å². The minimum atomic E-state index is -0.670. The van der Waals surface area contributed by atoms with Gasteiger partial charge in [-0.3, -0.25) is 4.79 Å². The van der Waals surface area contributed by atoms with Crippen molar-refractivity contribution in [3.8, 4) is 0 Å². The van der Waals surface area contributed by atoms with E-state index in [0.717, 1.165) is 12.8 Å². The minimum absolute atomic E-state index is 0.337. The zero-order valence-corrected chi connectivity index (χ0v) is 8.88. The normalized spacial score (nSPS) is 8.46. The first kappa shape index (κ1) is 14.7. The summed E-state index contributed by atoms with van der Waals surface area (Å²) in [6.07, 6.45) is 7.63. The fourth-order valence-corrected chi connectivity index (χ4v) is 0.880. The van der Waals surface area contributed by atoms with Gasteiger partial charge in [0.25, 0.3) is 0 Å². The van der Waals surface area contributed by atoms with Gasteiger partial charge in [0.1, 0.15) is 0 Å². The summed E-state index contributed by atoms with van der Waals surface area (Å²) in [6.45, 7) is 7.40. The summed E-state index contributed by atoms with van der Waals surface area (Å²) < 4.78 is 0. The predicted octanol–water partition coefficient (Wildman–Crippen LogP) is 3.62. The molecule has 0 aliphatic rings. The molecule has 0 atom stereocenters. The average molecular weight is 186 g/mol. The van der Waals surface area contributed by atoms with Crippen LogP contribution in [-0.4, -0.2) is 11.1 Å². The Morgan fingerprint density at radius 2 is 1.77 bits per heavy atom. The van der Waals surface area contributed by atoms with Crippen molar-refractivity contribution in [2.45, 2.75) is 52.4 Å². The summed E-state index contributed by atoms with van der Waals surface area (Å²) >= 11 is 0. The highest BCUT2D eigenvalue weighted by molar-refractivity contribution is 5.66. The third kappa shape index (κ3) is 24.7. The third-order valence-electron chi connectivity index (χ3n) is 1.49. The van der Waals surface area contributed by atoms with Crippen molar-refractivity contribution in [3.05, 3.63) is 12.7 Å². The van der Waals surface area contributed by atoms with Crippen LogP contribution in [0.5, 0.6) is 0 Å². The lowest BCUT2D eigenvalue weighted by molar-refractivity contribution is -0.137.